The minimum atomic E-state index is -0.0320. The van der Waals surface area contributed by atoms with Crippen LogP contribution >= 0.6 is 0 Å². The molecule has 3 aromatic heterocycles. The Balaban J connectivity index is 1.16. The fraction of sp³-hybridized carbons (Fsp3) is 0. The lowest BCUT2D eigenvalue weighted by Gasteiger charge is -2.34. The minimum Gasteiger partial charge on any atom is -0.310 e. The van der Waals surface area contributed by atoms with Gasteiger partial charge in [0.2, 0.25) is 0 Å². The van der Waals surface area contributed by atoms with Crippen LogP contribution in [0.15, 0.2) is 206 Å². The summed E-state index contributed by atoms with van der Waals surface area (Å²) in [6.45, 7) is -0.0320. The molecular formula is C57H34BN5. The summed E-state index contributed by atoms with van der Waals surface area (Å²) in [4.78, 5) is 15.7. The van der Waals surface area contributed by atoms with E-state index in [1.165, 1.54) is 82.3 Å². The summed E-state index contributed by atoms with van der Waals surface area (Å²) in [5.41, 5.74) is 18.7. The number of hydrogen-bond acceptors (Lipinski definition) is 3. The number of fused-ring (bicyclic) bond motifs is 10. The van der Waals surface area contributed by atoms with E-state index in [-0.39, 0.29) is 6.71 Å². The van der Waals surface area contributed by atoms with E-state index in [9.17, 15) is 0 Å². The number of benzene rings is 9. The van der Waals surface area contributed by atoms with Crippen LogP contribution in [0.5, 0.6) is 0 Å². The lowest BCUT2D eigenvalue weighted by Crippen LogP contribution is -2.59. The first-order valence-corrected chi connectivity index (χ1v) is 21.6. The number of nitrogens with zero attached hydrogens (tertiary/aromatic N) is 5. The number of rotatable bonds is 5. The molecule has 14 rings (SSSR count). The molecule has 5 nitrogen and oxygen atoms in total. The maximum absolute atomic E-state index is 5.31. The van der Waals surface area contributed by atoms with Gasteiger partial charge in [-0.15, -0.1) is 0 Å². The van der Waals surface area contributed by atoms with Crippen molar-refractivity contribution in [3.05, 3.63) is 206 Å². The molecule has 0 atom stereocenters. The van der Waals surface area contributed by atoms with Crippen LogP contribution < -0.4 is 16.4 Å². The highest BCUT2D eigenvalue weighted by atomic mass is 15.1. The first kappa shape index (κ1) is 34.4. The van der Waals surface area contributed by atoms with Gasteiger partial charge in [0.25, 0.3) is 6.71 Å². The van der Waals surface area contributed by atoms with E-state index >= 15 is 0 Å². The molecule has 0 N–H and O–H groups in total. The van der Waals surface area contributed by atoms with Gasteiger partial charge in [-0.05, 0) is 62.9 Å². The summed E-state index contributed by atoms with van der Waals surface area (Å²) >= 11 is 0. The molecule has 0 bridgehead atoms. The highest BCUT2D eigenvalue weighted by Crippen LogP contribution is 2.44. The van der Waals surface area contributed by atoms with Crippen LogP contribution in [0.4, 0.5) is 0 Å². The van der Waals surface area contributed by atoms with Crippen LogP contribution in [0.3, 0.4) is 0 Å². The molecule has 9 aromatic carbocycles. The lowest BCUT2D eigenvalue weighted by molar-refractivity contribution is 1.07. The standard InChI is InChI=1S/C57H34BN5/c1-5-17-35(18-6-1)40-29-31-44-53-50(40)42-25-13-15-27-46(42)62(53)48-33-39(57-60-55(37-21-9-3-10-22-37)59-56(61-57)38-23-11-4-12-24-38)34-49-52(48)58(44)45-32-30-41(36-19-7-2-8-20-36)51-43-26-14-16-28-47(43)63(49)54(45)51/h1-34H. The topological polar surface area (TPSA) is 48.5 Å². The van der Waals surface area contributed by atoms with Gasteiger partial charge in [0, 0.05) is 60.6 Å². The highest BCUT2D eigenvalue weighted by Gasteiger charge is 2.42. The number of hydrogen-bond donors (Lipinski definition) is 0. The summed E-state index contributed by atoms with van der Waals surface area (Å²) in [5.74, 6) is 1.91. The summed E-state index contributed by atoms with van der Waals surface area (Å²) in [7, 11) is 0. The predicted octanol–water partition coefficient (Wildman–Crippen LogP) is 11.5. The number of aromatic nitrogens is 5. The Morgan fingerprint density at radius 3 is 1.13 bits per heavy atom. The van der Waals surface area contributed by atoms with Crippen molar-refractivity contribution in [3.8, 4) is 67.8 Å². The van der Waals surface area contributed by atoms with Crippen LogP contribution in [0.2, 0.25) is 0 Å². The predicted molar refractivity (Wildman–Crippen MR) is 260 cm³/mol. The van der Waals surface area contributed by atoms with E-state index in [0.717, 1.165) is 28.1 Å². The Kier molecular flexibility index (Phi) is 7.14. The Labute approximate surface area is 363 Å². The van der Waals surface area contributed by atoms with Crippen LogP contribution in [0, 0.1) is 0 Å². The summed E-state index contributed by atoms with van der Waals surface area (Å²) in [6.07, 6.45) is 0. The quantitative estimate of drug-likeness (QED) is 0.163. The second-order valence-electron chi connectivity index (χ2n) is 16.7. The molecular weight excluding hydrogens is 765 g/mol. The van der Waals surface area contributed by atoms with Crippen molar-refractivity contribution in [2.45, 2.75) is 0 Å². The molecule has 0 spiro atoms. The van der Waals surface area contributed by atoms with Crippen molar-refractivity contribution >= 4 is 66.7 Å². The van der Waals surface area contributed by atoms with Gasteiger partial charge in [0.05, 0.1) is 11.0 Å². The molecule has 6 heteroatoms. The Hall–Kier alpha value is -8.35. The number of para-hydroxylation sites is 2. The molecule has 0 saturated carbocycles. The fourth-order valence-corrected chi connectivity index (χ4v) is 10.8. The van der Waals surface area contributed by atoms with Gasteiger partial charge in [-0.2, -0.15) is 0 Å². The average molecular weight is 800 g/mol. The molecule has 0 amide bonds. The Morgan fingerprint density at radius 2 is 0.698 bits per heavy atom. The van der Waals surface area contributed by atoms with Crippen LogP contribution in [-0.2, 0) is 0 Å². The first-order valence-electron chi connectivity index (χ1n) is 21.6. The van der Waals surface area contributed by atoms with E-state index < -0.39 is 0 Å². The van der Waals surface area contributed by atoms with Gasteiger partial charge in [-0.25, -0.2) is 15.0 Å². The van der Waals surface area contributed by atoms with Gasteiger partial charge >= 0.3 is 0 Å². The minimum absolute atomic E-state index is 0.0320. The molecule has 0 aliphatic carbocycles. The van der Waals surface area contributed by atoms with Crippen molar-refractivity contribution in [1.29, 1.82) is 0 Å². The lowest BCUT2D eigenvalue weighted by atomic mass is 9.34. The smallest absolute Gasteiger partial charge is 0.252 e. The summed E-state index contributed by atoms with van der Waals surface area (Å²) < 4.78 is 5.07. The van der Waals surface area contributed by atoms with E-state index in [1.54, 1.807) is 0 Å². The molecule has 0 radical (unpaired) electrons. The summed E-state index contributed by atoms with van der Waals surface area (Å²) in [6, 6.07) is 74.3. The van der Waals surface area contributed by atoms with Gasteiger partial charge in [-0.3, -0.25) is 0 Å². The van der Waals surface area contributed by atoms with Crippen LogP contribution in [-0.4, -0.2) is 30.8 Å². The maximum atomic E-state index is 5.31. The third kappa shape index (κ3) is 4.86. The Bertz CT molecular complexity index is 3590. The third-order valence-electron chi connectivity index (χ3n) is 13.4. The van der Waals surface area contributed by atoms with E-state index in [0.29, 0.717) is 17.5 Å². The van der Waals surface area contributed by atoms with Gasteiger partial charge < -0.3 is 9.13 Å². The summed E-state index contributed by atoms with van der Waals surface area (Å²) in [5, 5.41) is 5.01. The van der Waals surface area contributed by atoms with Crippen LogP contribution in [0.25, 0.3) is 111 Å². The molecule has 0 unspecified atom stereocenters. The third-order valence-corrected chi connectivity index (χ3v) is 13.4. The Morgan fingerprint density at radius 1 is 0.333 bits per heavy atom. The molecule has 5 heterocycles. The highest BCUT2D eigenvalue weighted by molar-refractivity contribution is 7.00. The van der Waals surface area contributed by atoms with E-state index in [4.69, 9.17) is 15.0 Å². The van der Waals surface area contributed by atoms with Crippen LogP contribution in [0.1, 0.15) is 0 Å². The zero-order valence-corrected chi connectivity index (χ0v) is 33.9. The molecule has 0 fully saturated rings. The fourth-order valence-electron chi connectivity index (χ4n) is 10.8. The monoisotopic (exact) mass is 799 g/mol. The van der Waals surface area contributed by atoms with Crippen molar-refractivity contribution in [2.75, 3.05) is 0 Å². The second-order valence-corrected chi connectivity index (χ2v) is 16.7. The average Bonchev–Trinajstić information content (AvgIpc) is 3.90. The molecule has 2 aliphatic rings. The molecule has 12 aromatic rings. The first-order chi connectivity index (χ1) is 31.3. The zero-order chi connectivity index (χ0) is 41.2. The SMILES string of the molecule is c1ccc(-c2nc(-c3ccccc3)nc(-c3cc4c5c(c3)-n3c6ccccc6c6c(-c7ccccc7)ccc(c63)B5c3ccc(-c5ccccc5)c5c6ccccc6n-4c35)n2)cc1. The second kappa shape index (κ2) is 13.1. The molecule has 0 saturated heterocycles. The van der Waals surface area contributed by atoms with Crippen molar-refractivity contribution in [3.63, 3.8) is 0 Å². The molecule has 63 heavy (non-hydrogen) atoms. The van der Waals surface area contributed by atoms with Gasteiger partial charge in [0.15, 0.2) is 17.5 Å². The zero-order valence-electron chi connectivity index (χ0n) is 33.9. The van der Waals surface area contributed by atoms with Crippen molar-refractivity contribution in [1.82, 2.24) is 24.1 Å². The van der Waals surface area contributed by atoms with E-state index in [2.05, 4.69) is 179 Å². The van der Waals surface area contributed by atoms with E-state index in [1.807, 2.05) is 36.4 Å². The van der Waals surface area contributed by atoms with Crippen molar-refractivity contribution in [2.24, 2.45) is 0 Å². The largest absolute Gasteiger partial charge is 0.310 e. The molecule has 2 aliphatic heterocycles. The molecule has 290 valence electrons. The van der Waals surface area contributed by atoms with Gasteiger partial charge in [-0.1, -0.05) is 182 Å². The normalized spacial score (nSPS) is 12.4. The van der Waals surface area contributed by atoms with Gasteiger partial charge in [0.1, 0.15) is 0 Å². The maximum Gasteiger partial charge on any atom is 0.252 e. The van der Waals surface area contributed by atoms with Crippen molar-refractivity contribution < 1.29 is 0 Å².